The van der Waals surface area contributed by atoms with E-state index < -0.39 is 11.8 Å². The lowest BCUT2D eigenvalue weighted by molar-refractivity contribution is -0.147. The molecule has 0 heterocycles. The average molecular weight is 227 g/mol. The highest BCUT2D eigenvalue weighted by Gasteiger charge is 2.15. The Morgan fingerprint density at radius 2 is 2.00 bits per heavy atom. The van der Waals surface area contributed by atoms with Gasteiger partial charge in [0, 0.05) is 6.42 Å². The molecule has 0 aromatic heterocycles. The molecule has 4 heteroatoms. The van der Waals surface area contributed by atoms with Crippen molar-refractivity contribution in [3.05, 3.63) is 29.3 Å². The number of rotatable bonds is 4. The number of para-hydroxylation sites is 1. The first-order chi connectivity index (χ1) is 7.15. The van der Waals surface area contributed by atoms with Crippen LogP contribution in [-0.2, 0) is 9.59 Å². The minimum atomic E-state index is -0.857. The van der Waals surface area contributed by atoms with Gasteiger partial charge >= 0.3 is 5.97 Å². The first kappa shape index (κ1) is 11.7. The van der Waals surface area contributed by atoms with Crippen LogP contribution in [0, 0.1) is 0 Å². The van der Waals surface area contributed by atoms with Crippen LogP contribution in [0.15, 0.2) is 24.3 Å². The SMILES string of the molecule is CCCC(=O)C(=O)Oc1ccccc1Cl. The molecule has 1 aromatic carbocycles. The van der Waals surface area contributed by atoms with E-state index >= 15 is 0 Å². The summed E-state index contributed by atoms with van der Waals surface area (Å²) in [6, 6.07) is 6.53. The Labute approximate surface area is 93.0 Å². The van der Waals surface area contributed by atoms with E-state index in [9.17, 15) is 9.59 Å². The lowest BCUT2D eigenvalue weighted by atomic mass is 10.2. The van der Waals surface area contributed by atoms with Crippen LogP contribution in [0.5, 0.6) is 5.75 Å². The molecule has 0 aliphatic heterocycles. The van der Waals surface area contributed by atoms with Gasteiger partial charge in [-0.1, -0.05) is 30.7 Å². The number of halogens is 1. The van der Waals surface area contributed by atoms with Gasteiger partial charge in [0.05, 0.1) is 5.02 Å². The third kappa shape index (κ3) is 3.36. The fraction of sp³-hybridized carbons (Fsp3) is 0.273. The second-order valence-corrected chi connectivity index (χ2v) is 3.40. The Bertz CT molecular complexity index is 374. The van der Waals surface area contributed by atoms with Crippen molar-refractivity contribution in [2.75, 3.05) is 0 Å². The minimum absolute atomic E-state index is 0.198. The summed E-state index contributed by atoms with van der Waals surface area (Å²) in [5.41, 5.74) is 0. The van der Waals surface area contributed by atoms with Gasteiger partial charge in [0.2, 0.25) is 5.78 Å². The Kier molecular flexibility index (Phi) is 4.31. The number of Topliss-reactive ketones (excluding diaryl/α,β-unsaturated/α-hetero) is 1. The van der Waals surface area contributed by atoms with Crippen LogP contribution < -0.4 is 4.74 Å². The number of carbonyl (C=O) groups excluding carboxylic acids is 2. The highest BCUT2D eigenvalue weighted by molar-refractivity contribution is 6.35. The Balaban J connectivity index is 2.67. The predicted molar refractivity (Wildman–Crippen MR) is 57.0 cm³/mol. The van der Waals surface area contributed by atoms with Crippen LogP contribution in [0.3, 0.4) is 0 Å². The van der Waals surface area contributed by atoms with Crippen molar-refractivity contribution in [2.24, 2.45) is 0 Å². The Morgan fingerprint density at radius 1 is 1.33 bits per heavy atom. The number of hydrogen-bond acceptors (Lipinski definition) is 3. The van der Waals surface area contributed by atoms with Crippen LogP contribution in [-0.4, -0.2) is 11.8 Å². The summed E-state index contributed by atoms with van der Waals surface area (Å²) in [4.78, 5) is 22.4. The van der Waals surface area contributed by atoms with Gasteiger partial charge in [0.15, 0.2) is 0 Å². The lowest BCUT2D eigenvalue weighted by Gasteiger charge is -2.04. The first-order valence-electron chi connectivity index (χ1n) is 4.64. The summed E-state index contributed by atoms with van der Waals surface area (Å²) in [6.45, 7) is 1.82. The second kappa shape index (κ2) is 5.51. The van der Waals surface area contributed by atoms with E-state index in [4.69, 9.17) is 16.3 Å². The van der Waals surface area contributed by atoms with Crippen LogP contribution >= 0.6 is 11.6 Å². The number of hydrogen-bond donors (Lipinski definition) is 0. The van der Waals surface area contributed by atoms with Crippen LogP contribution in [0.25, 0.3) is 0 Å². The molecule has 0 fully saturated rings. The van der Waals surface area contributed by atoms with Gasteiger partial charge in [-0.25, -0.2) is 4.79 Å². The van der Waals surface area contributed by atoms with Crippen molar-refractivity contribution in [1.29, 1.82) is 0 Å². The van der Waals surface area contributed by atoms with Gasteiger partial charge in [-0.05, 0) is 18.6 Å². The van der Waals surface area contributed by atoms with E-state index in [0.717, 1.165) is 0 Å². The zero-order valence-electron chi connectivity index (χ0n) is 8.33. The molecule has 15 heavy (non-hydrogen) atoms. The smallest absolute Gasteiger partial charge is 0.380 e. The number of carbonyl (C=O) groups is 2. The van der Waals surface area contributed by atoms with E-state index in [2.05, 4.69) is 0 Å². The van der Waals surface area contributed by atoms with E-state index in [1.165, 1.54) is 0 Å². The van der Waals surface area contributed by atoms with Gasteiger partial charge in [0.1, 0.15) is 5.75 Å². The standard InChI is InChI=1S/C11H11ClO3/c1-2-5-9(13)11(14)15-10-7-4-3-6-8(10)12/h3-4,6-7H,2,5H2,1H3. The highest BCUT2D eigenvalue weighted by Crippen LogP contribution is 2.23. The molecular formula is C11H11ClO3. The molecule has 0 aliphatic rings. The number of ether oxygens (including phenoxy) is 1. The molecule has 0 atom stereocenters. The minimum Gasteiger partial charge on any atom is -0.419 e. The summed E-state index contributed by atoms with van der Waals surface area (Å²) in [5, 5.41) is 0.315. The maximum atomic E-state index is 11.2. The number of ketones is 1. The Morgan fingerprint density at radius 3 is 2.60 bits per heavy atom. The predicted octanol–water partition coefficient (Wildman–Crippen LogP) is 2.61. The summed E-state index contributed by atoms with van der Waals surface area (Å²) >= 11 is 5.76. The quantitative estimate of drug-likeness (QED) is 0.450. The lowest BCUT2D eigenvalue weighted by Crippen LogP contribution is -2.19. The molecule has 80 valence electrons. The highest BCUT2D eigenvalue weighted by atomic mass is 35.5. The Hall–Kier alpha value is -1.35. The van der Waals surface area contributed by atoms with Gasteiger partial charge in [-0.2, -0.15) is 0 Å². The number of esters is 1. The van der Waals surface area contributed by atoms with Crippen molar-refractivity contribution in [1.82, 2.24) is 0 Å². The molecule has 0 aliphatic carbocycles. The second-order valence-electron chi connectivity index (χ2n) is 2.99. The maximum Gasteiger partial charge on any atom is 0.380 e. The van der Waals surface area contributed by atoms with Crippen LogP contribution in [0.4, 0.5) is 0 Å². The molecule has 0 unspecified atom stereocenters. The van der Waals surface area contributed by atoms with E-state index in [0.29, 0.717) is 11.4 Å². The van der Waals surface area contributed by atoms with E-state index in [1.807, 2.05) is 6.92 Å². The third-order valence-electron chi connectivity index (χ3n) is 1.74. The van der Waals surface area contributed by atoms with Gasteiger partial charge < -0.3 is 4.74 Å². The summed E-state index contributed by atoms with van der Waals surface area (Å²) in [7, 11) is 0. The molecular weight excluding hydrogens is 216 g/mol. The van der Waals surface area contributed by atoms with Crippen molar-refractivity contribution in [2.45, 2.75) is 19.8 Å². The van der Waals surface area contributed by atoms with Crippen molar-refractivity contribution in [3.63, 3.8) is 0 Å². The van der Waals surface area contributed by atoms with Crippen molar-refractivity contribution < 1.29 is 14.3 Å². The molecule has 0 saturated heterocycles. The third-order valence-corrected chi connectivity index (χ3v) is 2.06. The summed E-state index contributed by atoms with van der Waals surface area (Å²) in [6.07, 6.45) is 0.819. The molecule has 0 saturated carbocycles. The molecule has 0 amide bonds. The van der Waals surface area contributed by atoms with Crippen LogP contribution in [0.1, 0.15) is 19.8 Å². The molecule has 0 bridgehead atoms. The molecule has 0 spiro atoms. The maximum absolute atomic E-state index is 11.2. The molecule has 1 aromatic rings. The van der Waals surface area contributed by atoms with Gasteiger partial charge in [0.25, 0.3) is 0 Å². The topological polar surface area (TPSA) is 43.4 Å². The zero-order valence-corrected chi connectivity index (χ0v) is 9.08. The zero-order chi connectivity index (χ0) is 11.3. The van der Waals surface area contributed by atoms with E-state index in [-0.39, 0.29) is 12.2 Å². The summed E-state index contributed by atoms with van der Waals surface area (Å²) < 4.78 is 4.84. The first-order valence-corrected chi connectivity index (χ1v) is 5.02. The van der Waals surface area contributed by atoms with Crippen molar-refractivity contribution >= 4 is 23.4 Å². The monoisotopic (exact) mass is 226 g/mol. The summed E-state index contributed by atoms with van der Waals surface area (Å²) in [5.74, 6) is -1.17. The number of benzene rings is 1. The largest absolute Gasteiger partial charge is 0.419 e. The molecule has 0 N–H and O–H groups in total. The molecule has 0 radical (unpaired) electrons. The van der Waals surface area contributed by atoms with Crippen LogP contribution in [0.2, 0.25) is 5.02 Å². The average Bonchev–Trinajstić information content (AvgIpc) is 2.21. The molecule has 1 rings (SSSR count). The molecule has 3 nitrogen and oxygen atoms in total. The van der Waals surface area contributed by atoms with Gasteiger partial charge in [-0.15, -0.1) is 0 Å². The van der Waals surface area contributed by atoms with Gasteiger partial charge in [-0.3, -0.25) is 4.79 Å². The van der Waals surface area contributed by atoms with E-state index in [1.54, 1.807) is 24.3 Å². The normalized spacial score (nSPS) is 9.73. The fourth-order valence-electron chi connectivity index (χ4n) is 1.01. The van der Waals surface area contributed by atoms with Crippen molar-refractivity contribution in [3.8, 4) is 5.75 Å². The fourth-order valence-corrected chi connectivity index (χ4v) is 1.19.